The molecule has 0 aromatic heterocycles. The number of hydrogen-bond donors (Lipinski definition) is 2. The number of aliphatic hydroxyl groups is 1. The highest BCUT2D eigenvalue weighted by Crippen LogP contribution is 2.10. The molecular formula is C12H23NO3. The summed E-state index contributed by atoms with van der Waals surface area (Å²) < 4.78 is 0. The third kappa shape index (κ3) is 7.40. The summed E-state index contributed by atoms with van der Waals surface area (Å²) in [4.78, 5) is 22.3. The van der Waals surface area contributed by atoms with Gasteiger partial charge in [-0.2, -0.15) is 0 Å². The lowest BCUT2D eigenvalue weighted by atomic mass is 10.00. The van der Waals surface area contributed by atoms with Crippen molar-refractivity contribution in [2.75, 3.05) is 6.61 Å². The van der Waals surface area contributed by atoms with Crippen molar-refractivity contribution < 1.29 is 14.7 Å². The maximum Gasteiger partial charge on any atom is 0.220 e. The second-order valence-corrected chi connectivity index (χ2v) is 4.41. The van der Waals surface area contributed by atoms with Crippen molar-refractivity contribution in [1.82, 2.24) is 5.32 Å². The second kappa shape index (κ2) is 8.28. The molecule has 0 spiro atoms. The van der Waals surface area contributed by atoms with Crippen LogP contribution in [-0.4, -0.2) is 29.4 Å². The Kier molecular flexibility index (Phi) is 7.81. The van der Waals surface area contributed by atoms with Crippen LogP contribution in [0.2, 0.25) is 0 Å². The Bertz CT molecular complexity index is 228. The first-order chi connectivity index (χ1) is 7.47. The molecule has 0 heterocycles. The van der Waals surface area contributed by atoms with Gasteiger partial charge in [0.25, 0.3) is 0 Å². The summed E-state index contributed by atoms with van der Waals surface area (Å²) in [5, 5.41) is 11.4. The average molecular weight is 229 g/mol. The molecule has 16 heavy (non-hydrogen) atoms. The Morgan fingerprint density at radius 1 is 1.25 bits per heavy atom. The van der Waals surface area contributed by atoms with Gasteiger partial charge < -0.3 is 10.4 Å². The molecule has 0 aromatic carbocycles. The minimum absolute atomic E-state index is 0.0305. The van der Waals surface area contributed by atoms with E-state index in [0.717, 1.165) is 19.3 Å². The van der Waals surface area contributed by atoms with E-state index in [0.29, 0.717) is 6.42 Å². The van der Waals surface area contributed by atoms with E-state index in [2.05, 4.69) is 5.32 Å². The molecule has 0 fully saturated rings. The highest BCUT2D eigenvalue weighted by Gasteiger charge is 2.08. The quantitative estimate of drug-likeness (QED) is 0.616. The number of rotatable bonds is 8. The summed E-state index contributed by atoms with van der Waals surface area (Å²) >= 11 is 0. The summed E-state index contributed by atoms with van der Waals surface area (Å²) in [6, 6.07) is -0.177. The van der Waals surface area contributed by atoms with Crippen LogP contribution in [0.25, 0.3) is 0 Å². The smallest absolute Gasteiger partial charge is 0.220 e. The van der Waals surface area contributed by atoms with Gasteiger partial charge in [0.15, 0.2) is 0 Å². The predicted molar refractivity (Wildman–Crippen MR) is 63.0 cm³/mol. The molecule has 0 rings (SSSR count). The minimum atomic E-state index is -0.177. The third-order valence-electron chi connectivity index (χ3n) is 2.67. The van der Waals surface area contributed by atoms with E-state index < -0.39 is 0 Å². The monoisotopic (exact) mass is 229 g/mol. The Morgan fingerprint density at radius 2 is 1.88 bits per heavy atom. The van der Waals surface area contributed by atoms with Gasteiger partial charge in [0.05, 0.1) is 6.61 Å². The zero-order valence-corrected chi connectivity index (χ0v) is 10.5. The van der Waals surface area contributed by atoms with E-state index in [1.807, 2.05) is 6.92 Å². The highest BCUT2D eigenvalue weighted by atomic mass is 16.3. The van der Waals surface area contributed by atoms with Crippen LogP contribution < -0.4 is 5.32 Å². The number of hydrogen-bond acceptors (Lipinski definition) is 3. The van der Waals surface area contributed by atoms with Crippen molar-refractivity contribution in [3.63, 3.8) is 0 Å². The van der Waals surface area contributed by atoms with Crippen LogP contribution in [0, 0.1) is 5.92 Å². The highest BCUT2D eigenvalue weighted by molar-refractivity contribution is 5.77. The standard InChI is InChI=1S/C12H23NO3/c1-9(11(3)15)6-4-5-7-12(16)13-10(2)8-14/h9-10,14H,4-8H2,1-3H3,(H,13,16). The Morgan fingerprint density at radius 3 is 2.38 bits per heavy atom. The first kappa shape index (κ1) is 15.1. The van der Waals surface area contributed by atoms with Gasteiger partial charge in [0, 0.05) is 18.4 Å². The van der Waals surface area contributed by atoms with Crippen molar-refractivity contribution in [3.8, 4) is 0 Å². The average Bonchev–Trinajstić information content (AvgIpc) is 2.23. The third-order valence-corrected chi connectivity index (χ3v) is 2.67. The van der Waals surface area contributed by atoms with Gasteiger partial charge in [-0.15, -0.1) is 0 Å². The van der Waals surface area contributed by atoms with E-state index in [4.69, 9.17) is 5.11 Å². The van der Waals surface area contributed by atoms with Gasteiger partial charge in [0.2, 0.25) is 5.91 Å². The van der Waals surface area contributed by atoms with Crippen molar-refractivity contribution >= 4 is 11.7 Å². The zero-order valence-electron chi connectivity index (χ0n) is 10.5. The molecule has 0 aliphatic rings. The number of amides is 1. The van der Waals surface area contributed by atoms with E-state index in [1.165, 1.54) is 0 Å². The largest absolute Gasteiger partial charge is 0.394 e. The lowest BCUT2D eigenvalue weighted by molar-refractivity contribution is -0.122. The van der Waals surface area contributed by atoms with Crippen molar-refractivity contribution in [1.29, 1.82) is 0 Å². The van der Waals surface area contributed by atoms with E-state index in [-0.39, 0.29) is 30.3 Å². The van der Waals surface area contributed by atoms with Crippen molar-refractivity contribution in [2.24, 2.45) is 5.92 Å². The van der Waals surface area contributed by atoms with Gasteiger partial charge in [-0.1, -0.05) is 13.3 Å². The number of carbonyl (C=O) groups excluding carboxylic acids is 2. The molecule has 0 aliphatic carbocycles. The topological polar surface area (TPSA) is 66.4 Å². The summed E-state index contributed by atoms with van der Waals surface area (Å²) in [6.07, 6.45) is 3.00. The van der Waals surface area contributed by atoms with Gasteiger partial charge in [0.1, 0.15) is 5.78 Å². The molecule has 0 saturated heterocycles. The Balaban J connectivity index is 3.52. The summed E-state index contributed by atoms with van der Waals surface area (Å²) in [6.45, 7) is 5.24. The van der Waals surface area contributed by atoms with Crippen LogP contribution in [0.3, 0.4) is 0 Å². The van der Waals surface area contributed by atoms with Gasteiger partial charge in [-0.05, 0) is 26.7 Å². The molecule has 0 bridgehead atoms. The number of unbranched alkanes of at least 4 members (excludes halogenated alkanes) is 1. The molecule has 0 saturated carbocycles. The maximum absolute atomic E-state index is 11.3. The minimum Gasteiger partial charge on any atom is -0.394 e. The van der Waals surface area contributed by atoms with Crippen LogP contribution in [0.15, 0.2) is 0 Å². The fourth-order valence-electron chi connectivity index (χ4n) is 1.33. The summed E-state index contributed by atoms with van der Waals surface area (Å²) in [7, 11) is 0. The Hall–Kier alpha value is -0.900. The molecule has 2 N–H and O–H groups in total. The normalized spacial score (nSPS) is 14.2. The maximum atomic E-state index is 11.3. The van der Waals surface area contributed by atoms with E-state index >= 15 is 0 Å². The lowest BCUT2D eigenvalue weighted by Gasteiger charge is -2.11. The fraction of sp³-hybridized carbons (Fsp3) is 0.833. The van der Waals surface area contributed by atoms with Crippen molar-refractivity contribution in [2.45, 2.75) is 52.5 Å². The molecule has 4 nitrogen and oxygen atoms in total. The van der Waals surface area contributed by atoms with Crippen LogP contribution in [0.4, 0.5) is 0 Å². The first-order valence-electron chi connectivity index (χ1n) is 5.88. The van der Waals surface area contributed by atoms with E-state index in [9.17, 15) is 9.59 Å². The first-order valence-corrected chi connectivity index (χ1v) is 5.88. The predicted octanol–water partition coefficient (Wildman–Crippen LogP) is 1.27. The molecule has 2 unspecified atom stereocenters. The van der Waals surface area contributed by atoms with Gasteiger partial charge in [-0.25, -0.2) is 0 Å². The number of nitrogens with one attached hydrogen (secondary N) is 1. The molecule has 4 heteroatoms. The SMILES string of the molecule is CC(=O)C(C)CCCCC(=O)NC(C)CO. The number of carbonyl (C=O) groups is 2. The number of ketones is 1. The van der Waals surface area contributed by atoms with Gasteiger partial charge in [-0.3, -0.25) is 9.59 Å². The Labute approximate surface area is 97.4 Å². The second-order valence-electron chi connectivity index (χ2n) is 4.41. The van der Waals surface area contributed by atoms with Crippen LogP contribution >= 0.6 is 0 Å². The molecule has 1 amide bonds. The van der Waals surface area contributed by atoms with Gasteiger partial charge >= 0.3 is 0 Å². The molecule has 0 aliphatic heterocycles. The molecule has 0 aromatic rings. The molecule has 2 atom stereocenters. The van der Waals surface area contributed by atoms with Crippen molar-refractivity contribution in [3.05, 3.63) is 0 Å². The van der Waals surface area contributed by atoms with Crippen LogP contribution in [0.5, 0.6) is 0 Å². The van der Waals surface area contributed by atoms with E-state index in [1.54, 1.807) is 13.8 Å². The number of Topliss-reactive ketones (excluding diaryl/α,β-unsaturated/α-hetero) is 1. The molecule has 94 valence electrons. The molecular weight excluding hydrogens is 206 g/mol. The van der Waals surface area contributed by atoms with Crippen LogP contribution in [0.1, 0.15) is 46.5 Å². The molecule has 0 radical (unpaired) electrons. The summed E-state index contributed by atoms with van der Waals surface area (Å²) in [5.41, 5.74) is 0. The zero-order chi connectivity index (χ0) is 12.6. The number of aliphatic hydroxyl groups excluding tert-OH is 1. The summed E-state index contributed by atoms with van der Waals surface area (Å²) in [5.74, 6) is 0.273. The lowest BCUT2D eigenvalue weighted by Crippen LogP contribution is -2.34. The fourth-order valence-corrected chi connectivity index (χ4v) is 1.33. The van der Waals surface area contributed by atoms with Crippen LogP contribution in [-0.2, 0) is 9.59 Å².